The van der Waals surface area contributed by atoms with Crippen molar-refractivity contribution in [3.8, 4) is 0 Å². The average molecular weight is 248 g/mol. The minimum atomic E-state index is -0.367. The number of hydrogen-bond donors (Lipinski definition) is 1. The average Bonchev–Trinajstić information content (AvgIpc) is 2.34. The van der Waals surface area contributed by atoms with Gasteiger partial charge in [-0.05, 0) is 43.2 Å². The number of esters is 1. The van der Waals surface area contributed by atoms with Crippen LogP contribution in [0.3, 0.4) is 0 Å². The van der Waals surface area contributed by atoms with Gasteiger partial charge in [0.1, 0.15) is 11.9 Å². The van der Waals surface area contributed by atoms with E-state index in [4.69, 9.17) is 10.5 Å². The van der Waals surface area contributed by atoms with Crippen molar-refractivity contribution in [3.05, 3.63) is 23.9 Å². The number of nitrogens with two attached hydrogens (primary N) is 1. The van der Waals surface area contributed by atoms with Crippen molar-refractivity contribution in [3.63, 3.8) is 0 Å². The van der Waals surface area contributed by atoms with Crippen LogP contribution in [0.4, 0.5) is 5.82 Å². The van der Waals surface area contributed by atoms with Gasteiger partial charge >= 0.3 is 5.97 Å². The van der Waals surface area contributed by atoms with Crippen LogP contribution in [0.25, 0.3) is 0 Å². The van der Waals surface area contributed by atoms with Crippen LogP contribution >= 0.6 is 0 Å². The van der Waals surface area contributed by atoms with E-state index in [0.29, 0.717) is 23.3 Å². The van der Waals surface area contributed by atoms with Gasteiger partial charge in [0.05, 0.1) is 0 Å². The molecule has 2 N–H and O–H groups in total. The Kier molecular flexibility index (Phi) is 3.84. The third-order valence-corrected chi connectivity index (χ3v) is 3.80. The molecule has 0 bridgehead atoms. The summed E-state index contributed by atoms with van der Waals surface area (Å²) in [6.45, 7) is 4.46. The van der Waals surface area contributed by atoms with Crippen LogP contribution in [0.1, 0.15) is 43.6 Å². The molecule has 1 aliphatic carbocycles. The Balaban J connectivity index is 1.96. The zero-order chi connectivity index (χ0) is 13.1. The number of anilines is 1. The van der Waals surface area contributed by atoms with Gasteiger partial charge in [0.15, 0.2) is 5.69 Å². The number of carbonyl (C=O) groups excluding carboxylic acids is 1. The third-order valence-electron chi connectivity index (χ3n) is 3.80. The fourth-order valence-electron chi connectivity index (χ4n) is 2.38. The molecule has 4 heteroatoms. The number of hydrogen-bond acceptors (Lipinski definition) is 4. The molecule has 3 unspecified atom stereocenters. The summed E-state index contributed by atoms with van der Waals surface area (Å²) in [4.78, 5) is 15.9. The fraction of sp³-hybridized carbons (Fsp3) is 0.571. The predicted molar refractivity (Wildman–Crippen MR) is 70.0 cm³/mol. The van der Waals surface area contributed by atoms with Gasteiger partial charge in [-0.25, -0.2) is 9.78 Å². The molecule has 0 aromatic carbocycles. The summed E-state index contributed by atoms with van der Waals surface area (Å²) in [5.41, 5.74) is 5.84. The van der Waals surface area contributed by atoms with Crippen LogP contribution in [-0.4, -0.2) is 17.1 Å². The number of pyridine rings is 1. The third kappa shape index (κ3) is 3.00. The molecule has 18 heavy (non-hydrogen) atoms. The molecule has 98 valence electrons. The van der Waals surface area contributed by atoms with Crippen molar-refractivity contribution in [2.75, 3.05) is 5.73 Å². The van der Waals surface area contributed by atoms with Gasteiger partial charge in [-0.15, -0.1) is 0 Å². The molecule has 0 saturated heterocycles. The van der Waals surface area contributed by atoms with Crippen molar-refractivity contribution in [1.82, 2.24) is 4.98 Å². The normalized spacial score (nSPS) is 27.8. The van der Waals surface area contributed by atoms with Crippen molar-refractivity contribution in [2.45, 2.75) is 39.2 Å². The quantitative estimate of drug-likeness (QED) is 0.817. The Morgan fingerprint density at radius 3 is 2.78 bits per heavy atom. The lowest BCUT2D eigenvalue weighted by Gasteiger charge is -2.31. The van der Waals surface area contributed by atoms with E-state index in [-0.39, 0.29) is 12.1 Å². The Bertz CT molecular complexity index is 434. The van der Waals surface area contributed by atoms with Gasteiger partial charge in [0.2, 0.25) is 0 Å². The largest absolute Gasteiger partial charge is 0.458 e. The lowest BCUT2D eigenvalue weighted by atomic mass is 9.80. The van der Waals surface area contributed by atoms with Gasteiger partial charge < -0.3 is 10.5 Å². The van der Waals surface area contributed by atoms with Gasteiger partial charge in [0.25, 0.3) is 0 Å². The molecule has 0 radical (unpaired) electrons. The van der Waals surface area contributed by atoms with E-state index in [1.54, 1.807) is 18.2 Å². The van der Waals surface area contributed by atoms with Gasteiger partial charge in [-0.3, -0.25) is 0 Å². The minimum absolute atomic E-state index is 0.0203. The first kappa shape index (κ1) is 12.9. The van der Waals surface area contributed by atoms with Crippen LogP contribution in [0, 0.1) is 11.8 Å². The van der Waals surface area contributed by atoms with E-state index >= 15 is 0 Å². The van der Waals surface area contributed by atoms with E-state index in [2.05, 4.69) is 18.8 Å². The van der Waals surface area contributed by atoms with Crippen molar-refractivity contribution >= 4 is 11.8 Å². The standard InChI is InChI=1S/C14H20N2O2/c1-9-6-7-11(8-10(9)2)18-14(17)12-4-3-5-13(15)16-12/h3-5,9-11H,6-8H2,1-2H3,(H2,15,16). The Morgan fingerprint density at radius 2 is 2.11 bits per heavy atom. The fourth-order valence-corrected chi connectivity index (χ4v) is 2.38. The van der Waals surface area contributed by atoms with E-state index < -0.39 is 0 Å². The maximum Gasteiger partial charge on any atom is 0.357 e. The maximum atomic E-state index is 11.9. The summed E-state index contributed by atoms with van der Waals surface area (Å²) in [6.07, 6.45) is 3.02. The first-order valence-electron chi connectivity index (χ1n) is 6.49. The molecule has 1 aromatic rings. The second-order valence-corrected chi connectivity index (χ2v) is 5.24. The number of carbonyl (C=O) groups is 1. The molecule has 3 atom stereocenters. The second kappa shape index (κ2) is 5.38. The molecule has 1 saturated carbocycles. The highest BCUT2D eigenvalue weighted by Crippen LogP contribution is 2.31. The highest BCUT2D eigenvalue weighted by Gasteiger charge is 2.27. The summed E-state index contributed by atoms with van der Waals surface area (Å²) in [5, 5.41) is 0. The van der Waals surface area contributed by atoms with Gasteiger partial charge in [-0.2, -0.15) is 0 Å². The molecule has 1 fully saturated rings. The summed E-state index contributed by atoms with van der Waals surface area (Å²) in [6, 6.07) is 5.00. The molecule has 0 aliphatic heterocycles. The molecule has 1 aliphatic rings. The molecular formula is C14H20N2O2. The number of nitrogens with zero attached hydrogens (tertiary/aromatic N) is 1. The Morgan fingerprint density at radius 1 is 1.33 bits per heavy atom. The number of nitrogen functional groups attached to an aromatic ring is 1. The van der Waals surface area contributed by atoms with Crippen LogP contribution in [0.15, 0.2) is 18.2 Å². The zero-order valence-corrected chi connectivity index (χ0v) is 10.9. The van der Waals surface area contributed by atoms with E-state index in [1.165, 1.54) is 0 Å². The second-order valence-electron chi connectivity index (χ2n) is 5.24. The zero-order valence-electron chi connectivity index (χ0n) is 10.9. The van der Waals surface area contributed by atoms with Crippen LogP contribution < -0.4 is 5.73 Å². The van der Waals surface area contributed by atoms with E-state index in [9.17, 15) is 4.79 Å². The number of aromatic nitrogens is 1. The summed E-state index contributed by atoms with van der Waals surface area (Å²) in [5.74, 6) is 1.29. The summed E-state index contributed by atoms with van der Waals surface area (Å²) >= 11 is 0. The Labute approximate surface area is 108 Å². The highest BCUT2D eigenvalue weighted by molar-refractivity contribution is 5.87. The van der Waals surface area contributed by atoms with Crippen molar-refractivity contribution in [2.24, 2.45) is 11.8 Å². The van der Waals surface area contributed by atoms with E-state index in [1.807, 2.05) is 0 Å². The first-order valence-corrected chi connectivity index (χ1v) is 6.49. The lowest BCUT2D eigenvalue weighted by Crippen LogP contribution is -2.29. The summed E-state index contributed by atoms with van der Waals surface area (Å²) in [7, 11) is 0. The topological polar surface area (TPSA) is 65.2 Å². The van der Waals surface area contributed by atoms with Gasteiger partial charge in [0, 0.05) is 0 Å². The lowest BCUT2D eigenvalue weighted by molar-refractivity contribution is 0.00820. The molecule has 0 amide bonds. The molecule has 2 rings (SSSR count). The molecular weight excluding hydrogens is 228 g/mol. The molecule has 1 aromatic heterocycles. The van der Waals surface area contributed by atoms with Crippen molar-refractivity contribution < 1.29 is 9.53 Å². The van der Waals surface area contributed by atoms with Crippen LogP contribution in [0.2, 0.25) is 0 Å². The maximum absolute atomic E-state index is 11.9. The van der Waals surface area contributed by atoms with Crippen molar-refractivity contribution in [1.29, 1.82) is 0 Å². The first-order chi connectivity index (χ1) is 8.56. The van der Waals surface area contributed by atoms with Crippen LogP contribution in [0.5, 0.6) is 0 Å². The highest BCUT2D eigenvalue weighted by atomic mass is 16.5. The summed E-state index contributed by atoms with van der Waals surface area (Å²) < 4.78 is 5.49. The Hall–Kier alpha value is -1.58. The predicted octanol–water partition coefficient (Wildman–Crippen LogP) is 2.65. The molecule has 1 heterocycles. The molecule has 4 nitrogen and oxygen atoms in total. The molecule has 0 spiro atoms. The number of rotatable bonds is 2. The smallest absolute Gasteiger partial charge is 0.357 e. The SMILES string of the molecule is CC1CCC(OC(=O)c2cccc(N)n2)CC1C. The van der Waals surface area contributed by atoms with Crippen LogP contribution in [-0.2, 0) is 4.74 Å². The van der Waals surface area contributed by atoms with E-state index in [0.717, 1.165) is 19.3 Å². The number of ether oxygens (including phenoxy) is 1. The van der Waals surface area contributed by atoms with Gasteiger partial charge in [-0.1, -0.05) is 19.9 Å². The minimum Gasteiger partial charge on any atom is -0.458 e. The monoisotopic (exact) mass is 248 g/mol.